The van der Waals surface area contributed by atoms with Crippen molar-refractivity contribution in [3.8, 4) is 0 Å². The van der Waals surface area contributed by atoms with E-state index >= 15 is 0 Å². The quantitative estimate of drug-likeness (QED) is 0.782. The van der Waals surface area contributed by atoms with Gasteiger partial charge in [-0.2, -0.15) is 0 Å². The molecule has 0 aliphatic carbocycles. The van der Waals surface area contributed by atoms with Gasteiger partial charge >= 0.3 is 0 Å². The van der Waals surface area contributed by atoms with Gasteiger partial charge in [-0.1, -0.05) is 0 Å². The Kier molecular flexibility index (Phi) is 2.63. The molecule has 1 amide bonds. The molecule has 3 rings (SSSR count). The number of oxazole rings is 1. The molecule has 0 saturated carbocycles. The van der Waals surface area contributed by atoms with Gasteiger partial charge in [0, 0.05) is 19.1 Å². The van der Waals surface area contributed by atoms with Crippen LogP contribution >= 0.6 is 0 Å². The zero-order valence-corrected chi connectivity index (χ0v) is 9.98. The van der Waals surface area contributed by atoms with Crippen molar-refractivity contribution in [3.05, 3.63) is 17.8 Å². The van der Waals surface area contributed by atoms with Crippen LogP contribution in [0, 0.1) is 12.8 Å². The Balaban J connectivity index is 1.74. The van der Waals surface area contributed by atoms with E-state index in [1.165, 1.54) is 19.2 Å². The first kappa shape index (κ1) is 10.8. The summed E-state index contributed by atoms with van der Waals surface area (Å²) in [7, 11) is 0. The van der Waals surface area contributed by atoms with E-state index in [-0.39, 0.29) is 5.91 Å². The summed E-state index contributed by atoms with van der Waals surface area (Å²) >= 11 is 0. The summed E-state index contributed by atoms with van der Waals surface area (Å²) in [6, 6.07) is 0.468. The van der Waals surface area contributed by atoms with Crippen molar-refractivity contribution in [3.63, 3.8) is 0 Å². The molecule has 0 bridgehead atoms. The number of carbonyl (C=O) groups excluding carboxylic acids is 1. The second kappa shape index (κ2) is 4.14. The number of carbonyl (C=O) groups is 1. The third-order valence-electron chi connectivity index (χ3n) is 3.83. The van der Waals surface area contributed by atoms with Crippen LogP contribution in [0.1, 0.15) is 29.1 Å². The van der Waals surface area contributed by atoms with Crippen molar-refractivity contribution in [2.24, 2.45) is 5.92 Å². The minimum absolute atomic E-state index is 0.0174. The molecule has 2 aliphatic rings. The standard InChI is InChI=1S/C12H17N3O2/c1-8-11(17-7-14-8)12(16)15-5-9-3-2-4-13-10(9)6-15/h7,9-10,13H,2-6H2,1H3/t9-,10+/m0/s1. The lowest BCUT2D eigenvalue weighted by Gasteiger charge is -2.24. The Bertz CT molecular complexity index is 415. The zero-order valence-electron chi connectivity index (χ0n) is 9.98. The number of nitrogens with one attached hydrogen (secondary N) is 1. The SMILES string of the molecule is Cc1ncoc1C(=O)N1C[C@@H]2CCCN[C@@H]2C1. The molecule has 1 aromatic rings. The van der Waals surface area contributed by atoms with Crippen LogP contribution in [0.2, 0.25) is 0 Å². The number of hydrogen-bond acceptors (Lipinski definition) is 4. The molecule has 2 saturated heterocycles. The number of piperidine rings is 1. The monoisotopic (exact) mass is 235 g/mol. The van der Waals surface area contributed by atoms with E-state index in [0.29, 0.717) is 23.4 Å². The van der Waals surface area contributed by atoms with E-state index in [1.54, 1.807) is 6.92 Å². The topological polar surface area (TPSA) is 58.4 Å². The lowest BCUT2D eigenvalue weighted by atomic mass is 9.94. The lowest BCUT2D eigenvalue weighted by Crippen LogP contribution is -2.41. The van der Waals surface area contributed by atoms with E-state index in [0.717, 1.165) is 19.6 Å². The van der Waals surface area contributed by atoms with Gasteiger partial charge in [-0.25, -0.2) is 4.98 Å². The summed E-state index contributed by atoms with van der Waals surface area (Å²) < 4.78 is 5.17. The summed E-state index contributed by atoms with van der Waals surface area (Å²) in [6.07, 6.45) is 3.77. The third kappa shape index (κ3) is 1.84. The number of aromatic nitrogens is 1. The zero-order chi connectivity index (χ0) is 11.8. The molecule has 1 N–H and O–H groups in total. The second-order valence-corrected chi connectivity index (χ2v) is 4.94. The molecular weight excluding hydrogens is 218 g/mol. The number of amides is 1. The molecule has 0 radical (unpaired) electrons. The summed E-state index contributed by atoms with van der Waals surface area (Å²) in [5.41, 5.74) is 0.679. The van der Waals surface area contributed by atoms with Crippen LogP contribution in [0.5, 0.6) is 0 Å². The minimum Gasteiger partial charge on any atom is -0.438 e. The molecular formula is C12H17N3O2. The molecule has 5 nitrogen and oxygen atoms in total. The lowest BCUT2D eigenvalue weighted by molar-refractivity contribution is 0.0753. The number of likely N-dealkylation sites (tertiary alicyclic amines) is 1. The highest BCUT2D eigenvalue weighted by molar-refractivity contribution is 5.92. The van der Waals surface area contributed by atoms with Crippen molar-refractivity contribution in [1.82, 2.24) is 15.2 Å². The van der Waals surface area contributed by atoms with Crippen molar-refractivity contribution in [1.29, 1.82) is 0 Å². The Labute approximate surface area is 100 Å². The maximum atomic E-state index is 12.2. The Morgan fingerprint density at radius 3 is 3.18 bits per heavy atom. The van der Waals surface area contributed by atoms with E-state index in [1.807, 2.05) is 4.90 Å². The third-order valence-corrected chi connectivity index (χ3v) is 3.83. The second-order valence-electron chi connectivity index (χ2n) is 4.94. The minimum atomic E-state index is -0.0174. The van der Waals surface area contributed by atoms with Crippen molar-refractivity contribution >= 4 is 5.91 Å². The predicted octanol–water partition coefficient (Wildman–Crippen LogP) is 0.807. The van der Waals surface area contributed by atoms with Crippen LogP contribution in [0.25, 0.3) is 0 Å². The van der Waals surface area contributed by atoms with Gasteiger partial charge in [0.05, 0.1) is 5.69 Å². The largest absolute Gasteiger partial charge is 0.438 e. The molecule has 0 aromatic carbocycles. The molecule has 3 heterocycles. The van der Waals surface area contributed by atoms with Crippen LogP contribution in [0.4, 0.5) is 0 Å². The van der Waals surface area contributed by atoms with E-state index in [2.05, 4.69) is 10.3 Å². The summed E-state index contributed by atoms with van der Waals surface area (Å²) in [6.45, 7) is 4.52. The van der Waals surface area contributed by atoms with Crippen molar-refractivity contribution < 1.29 is 9.21 Å². The summed E-state index contributed by atoms with van der Waals surface area (Å²) in [5.74, 6) is 0.982. The van der Waals surface area contributed by atoms with Crippen LogP contribution < -0.4 is 5.32 Å². The molecule has 2 fully saturated rings. The Hall–Kier alpha value is -1.36. The Morgan fingerprint density at radius 1 is 1.59 bits per heavy atom. The maximum Gasteiger partial charge on any atom is 0.291 e. The first-order valence-corrected chi connectivity index (χ1v) is 6.18. The van der Waals surface area contributed by atoms with Gasteiger partial charge in [-0.15, -0.1) is 0 Å². The molecule has 1 aromatic heterocycles. The highest BCUT2D eigenvalue weighted by Gasteiger charge is 2.37. The smallest absolute Gasteiger partial charge is 0.291 e. The van der Waals surface area contributed by atoms with Crippen molar-refractivity contribution in [2.45, 2.75) is 25.8 Å². The average Bonchev–Trinajstić information content (AvgIpc) is 2.93. The highest BCUT2D eigenvalue weighted by atomic mass is 16.3. The molecule has 17 heavy (non-hydrogen) atoms. The fourth-order valence-corrected chi connectivity index (χ4v) is 2.86. The number of hydrogen-bond donors (Lipinski definition) is 1. The molecule has 2 atom stereocenters. The fraction of sp³-hybridized carbons (Fsp3) is 0.667. The molecule has 2 aliphatic heterocycles. The van der Waals surface area contributed by atoms with E-state index in [9.17, 15) is 4.79 Å². The number of rotatable bonds is 1. The van der Waals surface area contributed by atoms with Gasteiger partial charge in [0.25, 0.3) is 5.91 Å². The van der Waals surface area contributed by atoms with Crippen molar-refractivity contribution in [2.75, 3.05) is 19.6 Å². The van der Waals surface area contributed by atoms with Gasteiger partial charge in [0.2, 0.25) is 5.76 Å². The average molecular weight is 235 g/mol. The number of nitrogens with zero attached hydrogens (tertiary/aromatic N) is 2. The normalized spacial score (nSPS) is 28.2. The summed E-state index contributed by atoms with van der Waals surface area (Å²) in [4.78, 5) is 18.1. The number of aryl methyl sites for hydroxylation is 1. The maximum absolute atomic E-state index is 12.2. The fourth-order valence-electron chi connectivity index (χ4n) is 2.86. The number of fused-ring (bicyclic) bond motifs is 1. The molecule has 92 valence electrons. The van der Waals surface area contributed by atoms with E-state index < -0.39 is 0 Å². The van der Waals surface area contributed by atoms with Crippen LogP contribution in [-0.2, 0) is 0 Å². The molecule has 0 spiro atoms. The first-order chi connectivity index (χ1) is 8.25. The molecule has 0 unspecified atom stereocenters. The highest BCUT2D eigenvalue weighted by Crippen LogP contribution is 2.26. The summed E-state index contributed by atoms with van der Waals surface area (Å²) in [5, 5.41) is 3.49. The predicted molar refractivity (Wildman–Crippen MR) is 61.7 cm³/mol. The van der Waals surface area contributed by atoms with E-state index in [4.69, 9.17) is 4.42 Å². The first-order valence-electron chi connectivity index (χ1n) is 6.18. The van der Waals surface area contributed by atoms with Crippen LogP contribution in [-0.4, -0.2) is 41.5 Å². The van der Waals surface area contributed by atoms with Gasteiger partial charge in [-0.3, -0.25) is 4.79 Å². The Morgan fingerprint density at radius 2 is 2.47 bits per heavy atom. The van der Waals surface area contributed by atoms with Gasteiger partial charge in [-0.05, 0) is 32.2 Å². The van der Waals surface area contributed by atoms with Gasteiger partial charge in [0.1, 0.15) is 0 Å². The van der Waals surface area contributed by atoms with Gasteiger partial charge < -0.3 is 14.6 Å². The van der Waals surface area contributed by atoms with Gasteiger partial charge in [0.15, 0.2) is 6.39 Å². The van der Waals surface area contributed by atoms with Crippen LogP contribution in [0.15, 0.2) is 10.8 Å². The van der Waals surface area contributed by atoms with Crippen LogP contribution in [0.3, 0.4) is 0 Å². The molecule has 5 heteroatoms.